The molecule has 1 unspecified atom stereocenters. The average molecular weight is 507 g/mol. The van der Waals surface area contributed by atoms with Gasteiger partial charge in [-0.1, -0.05) is 37.6 Å². The summed E-state index contributed by atoms with van der Waals surface area (Å²) in [7, 11) is 0. The number of hydrogen-bond donors (Lipinski definition) is 1. The van der Waals surface area contributed by atoms with Gasteiger partial charge in [0.2, 0.25) is 0 Å². The van der Waals surface area contributed by atoms with Crippen LogP contribution in [0, 0.1) is 12.7 Å². The molecule has 1 aliphatic rings. The second-order valence-corrected chi connectivity index (χ2v) is 9.89. The van der Waals surface area contributed by atoms with Crippen molar-refractivity contribution in [2.45, 2.75) is 39.7 Å². The van der Waals surface area contributed by atoms with Crippen molar-refractivity contribution in [3.8, 4) is 16.9 Å². The Morgan fingerprint density at radius 2 is 1.97 bits per heavy atom. The maximum Gasteiger partial charge on any atom is 0.355 e. The Kier molecular flexibility index (Phi) is 6.49. The van der Waals surface area contributed by atoms with E-state index in [4.69, 9.17) is 16.6 Å². The van der Waals surface area contributed by atoms with Gasteiger partial charge in [0, 0.05) is 37.4 Å². The first kappa shape index (κ1) is 24.3. The molecule has 1 aliphatic heterocycles. The van der Waals surface area contributed by atoms with E-state index in [1.807, 2.05) is 26.8 Å². The molecule has 0 radical (unpaired) electrons. The summed E-state index contributed by atoms with van der Waals surface area (Å²) in [5.74, 6) is 0.140. The standard InChI is InChI=1S/C27H28ClFN6O/c1-15(2)22-24(16(3)9-10-31-22)35-26-19(25(33-27(35)36)34-12-11-30-14-17(34)4)13-20(28)23(32-26)18-7-5-6-8-21(18)29/h5-10,13,15,17,30H,11-12,14H2,1-4H3. The Balaban J connectivity index is 1.90. The molecule has 5 rings (SSSR count). The highest BCUT2D eigenvalue weighted by atomic mass is 35.5. The van der Waals surface area contributed by atoms with Crippen LogP contribution in [-0.4, -0.2) is 45.2 Å². The molecule has 1 N–H and O–H groups in total. The van der Waals surface area contributed by atoms with Gasteiger partial charge in [-0.05, 0) is 49.6 Å². The minimum Gasteiger partial charge on any atom is -0.351 e. The van der Waals surface area contributed by atoms with E-state index in [1.54, 1.807) is 30.5 Å². The van der Waals surface area contributed by atoms with Crippen molar-refractivity contribution in [3.05, 3.63) is 75.2 Å². The number of aromatic nitrogens is 4. The summed E-state index contributed by atoms with van der Waals surface area (Å²) in [5.41, 5.74) is 2.72. The zero-order chi connectivity index (χ0) is 25.6. The van der Waals surface area contributed by atoms with Crippen molar-refractivity contribution in [1.82, 2.24) is 24.8 Å². The van der Waals surface area contributed by atoms with Crippen molar-refractivity contribution < 1.29 is 4.39 Å². The fourth-order valence-corrected chi connectivity index (χ4v) is 5.06. The number of benzene rings is 1. The Morgan fingerprint density at radius 3 is 2.69 bits per heavy atom. The molecule has 4 aromatic rings. The molecule has 1 atom stereocenters. The molecule has 1 aromatic carbocycles. The molecule has 7 nitrogen and oxygen atoms in total. The lowest BCUT2D eigenvalue weighted by atomic mass is 10.0. The third kappa shape index (κ3) is 4.14. The Bertz CT molecular complexity index is 1520. The first-order valence-electron chi connectivity index (χ1n) is 12.1. The number of nitrogens with zero attached hydrogens (tertiary/aromatic N) is 5. The molecule has 0 aliphatic carbocycles. The highest BCUT2D eigenvalue weighted by Crippen LogP contribution is 2.35. The molecular weight excluding hydrogens is 479 g/mol. The van der Waals surface area contributed by atoms with Crippen LogP contribution in [0.2, 0.25) is 5.02 Å². The lowest BCUT2D eigenvalue weighted by Gasteiger charge is -2.35. The molecule has 1 saturated heterocycles. The largest absolute Gasteiger partial charge is 0.355 e. The summed E-state index contributed by atoms with van der Waals surface area (Å²) in [6, 6.07) is 10.1. The van der Waals surface area contributed by atoms with Gasteiger partial charge in [-0.25, -0.2) is 18.7 Å². The lowest BCUT2D eigenvalue weighted by molar-refractivity contribution is 0.497. The third-order valence-corrected chi connectivity index (χ3v) is 6.92. The summed E-state index contributed by atoms with van der Waals surface area (Å²) < 4.78 is 16.3. The molecule has 0 bridgehead atoms. The summed E-state index contributed by atoms with van der Waals surface area (Å²) in [6.45, 7) is 10.3. The van der Waals surface area contributed by atoms with E-state index in [0.717, 1.165) is 24.3 Å². The van der Waals surface area contributed by atoms with Crippen LogP contribution < -0.4 is 15.9 Å². The molecule has 0 spiro atoms. The molecule has 36 heavy (non-hydrogen) atoms. The highest BCUT2D eigenvalue weighted by molar-refractivity contribution is 6.33. The summed E-state index contributed by atoms with van der Waals surface area (Å²) in [5, 5.41) is 4.28. The van der Waals surface area contributed by atoms with E-state index in [2.05, 4.69) is 27.1 Å². The van der Waals surface area contributed by atoms with E-state index < -0.39 is 11.5 Å². The quantitative estimate of drug-likeness (QED) is 0.426. The minimum atomic E-state index is -0.462. The number of hydrogen-bond acceptors (Lipinski definition) is 6. The van der Waals surface area contributed by atoms with E-state index in [1.165, 1.54) is 10.6 Å². The van der Waals surface area contributed by atoms with Crippen LogP contribution in [0.25, 0.3) is 28.0 Å². The maximum absolute atomic E-state index is 14.8. The normalized spacial score (nSPS) is 16.2. The van der Waals surface area contributed by atoms with Gasteiger partial charge in [0.15, 0.2) is 5.65 Å². The number of nitrogens with one attached hydrogen (secondary N) is 1. The van der Waals surface area contributed by atoms with Gasteiger partial charge in [0.1, 0.15) is 11.6 Å². The topological polar surface area (TPSA) is 75.9 Å². The van der Waals surface area contributed by atoms with Gasteiger partial charge in [0.25, 0.3) is 0 Å². The van der Waals surface area contributed by atoms with E-state index in [0.29, 0.717) is 29.1 Å². The van der Waals surface area contributed by atoms with Crippen molar-refractivity contribution >= 4 is 28.5 Å². The van der Waals surface area contributed by atoms with E-state index in [9.17, 15) is 9.18 Å². The second-order valence-electron chi connectivity index (χ2n) is 9.49. The molecule has 3 aromatic heterocycles. The summed E-state index contributed by atoms with van der Waals surface area (Å²) in [6.07, 6.45) is 1.74. The van der Waals surface area contributed by atoms with Gasteiger partial charge in [-0.15, -0.1) is 0 Å². The van der Waals surface area contributed by atoms with Crippen LogP contribution in [0.4, 0.5) is 10.2 Å². The Labute approximate surface area is 214 Å². The van der Waals surface area contributed by atoms with Gasteiger partial charge < -0.3 is 10.2 Å². The fraction of sp³-hybridized carbons (Fsp3) is 0.333. The zero-order valence-corrected chi connectivity index (χ0v) is 21.5. The first-order chi connectivity index (χ1) is 17.3. The van der Waals surface area contributed by atoms with Gasteiger partial charge in [-0.3, -0.25) is 4.98 Å². The van der Waals surface area contributed by atoms with Crippen molar-refractivity contribution in [3.63, 3.8) is 0 Å². The predicted octanol–water partition coefficient (Wildman–Crippen LogP) is 4.87. The van der Waals surface area contributed by atoms with Crippen molar-refractivity contribution in [1.29, 1.82) is 0 Å². The smallest absolute Gasteiger partial charge is 0.351 e. The monoisotopic (exact) mass is 506 g/mol. The minimum absolute atomic E-state index is 0.0491. The Hall–Kier alpha value is -3.36. The Morgan fingerprint density at radius 1 is 1.19 bits per heavy atom. The number of rotatable bonds is 4. The van der Waals surface area contributed by atoms with Crippen LogP contribution in [0.5, 0.6) is 0 Å². The summed E-state index contributed by atoms with van der Waals surface area (Å²) in [4.78, 5) is 29.9. The number of halogens is 2. The van der Waals surface area contributed by atoms with Crippen molar-refractivity contribution in [2.24, 2.45) is 0 Å². The first-order valence-corrected chi connectivity index (χ1v) is 12.5. The number of fused-ring (bicyclic) bond motifs is 1. The van der Waals surface area contributed by atoms with Gasteiger partial charge in [-0.2, -0.15) is 4.98 Å². The predicted molar refractivity (Wildman–Crippen MR) is 142 cm³/mol. The maximum atomic E-state index is 14.8. The molecule has 1 fully saturated rings. The zero-order valence-electron chi connectivity index (χ0n) is 20.7. The number of piperazine rings is 1. The molecule has 186 valence electrons. The molecule has 0 amide bonds. The van der Waals surface area contributed by atoms with Crippen LogP contribution in [0.15, 0.2) is 47.4 Å². The second kappa shape index (κ2) is 9.59. The van der Waals surface area contributed by atoms with E-state index >= 15 is 0 Å². The molecule has 0 saturated carbocycles. The fourth-order valence-electron chi connectivity index (χ4n) is 4.81. The van der Waals surface area contributed by atoms with Gasteiger partial charge in [0.05, 0.1) is 27.5 Å². The van der Waals surface area contributed by atoms with Crippen LogP contribution >= 0.6 is 11.6 Å². The lowest BCUT2D eigenvalue weighted by Crippen LogP contribution is -2.50. The number of aryl methyl sites for hydroxylation is 1. The van der Waals surface area contributed by atoms with Crippen LogP contribution in [0.3, 0.4) is 0 Å². The molecule has 4 heterocycles. The summed E-state index contributed by atoms with van der Waals surface area (Å²) >= 11 is 6.72. The number of anilines is 1. The molecular formula is C27H28ClFN6O. The average Bonchev–Trinajstić information content (AvgIpc) is 2.85. The SMILES string of the molecule is Cc1ccnc(C(C)C)c1-n1c(=O)nc(N2CCNCC2C)c2cc(Cl)c(-c3ccccc3F)nc21. The van der Waals surface area contributed by atoms with Crippen LogP contribution in [0.1, 0.15) is 37.9 Å². The number of pyridine rings is 2. The highest BCUT2D eigenvalue weighted by Gasteiger charge is 2.27. The van der Waals surface area contributed by atoms with Crippen LogP contribution in [-0.2, 0) is 0 Å². The van der Waals surface area contributed by atoms with E-state index in [-0.39, 0.29) is 28.2 Å². The molecule has 9 heteroatoms. The van der Waals surface area contributed by atoms with Gasteiger partial charge >= 0.3 is 5.69 Å². The third-order valence-electron chi connectivity index (χ3n) is 6.63. The van der Waals surface area contributed by atoms with Crippen molar-refractivity contribution in [2.75, 3.05) is 24.5 Å².